The number of hydrogen-bond donors (Lipinski definition) is 2. The Labute approximate surface area is 114 Å². The van der Waals surface area contributed by atoms with Gasteiger partial charge in [-0.05, 0) is 27.7 Å². The van der Waals surface area contributed by atoms with Gasteiger partial charge in [0.15, 0.2) is 11.6 Å². The second-order valence-electron chi connectivity index (χ2n) is 5.25. The van der Waals surface area contributed by atoms with Crippen LogP contribution in [0.15, 0.2) is 0 Å². The lowest BCUT2D eigenvalue weighted by molar-refractivity contribution is -0.262. The Morgan fingerprint density at radius 1 is 1.15 bits per heavy atom. The van der Waals surface area contributed by atoms with Gasteiger partial charge in [0.1, 0.15) is 5.60 Å². The number of alkyl carbamates (subject to hydrolysis) is 1. The number of ether oxygens (including phenoxy) is 2. The largest absolute Gasteiger partial charge is 0.467 e. The van der Waals surface area contributed by atoms with Crippen LogP contribution in [0.5, 0.6) is 0 Å². The van der Waals surface area contributed by atoms with Crippen molar-refractivity contribution in [1.29, 1.82) is 0 Å². The van der Waals surface area contributed by atoms with Crippen molar-refractivity contribution in [3.8, 4) is 0 Å². The van der Waals surface area contributed by atoms with Crippen molar-refractivity contribution in [2.75, 3.05) is 7.11 Å². The Balaban J connectivity index is 5.21. The van der Waals surface area contributed by atoms with Crippen LogP contribution in [0.2, 0.25) is 0 Å². The average molecular weight is 301 g/mol. The first-order valence-corrected chi connectivity index (χ1v) is 5.59. The molecule has 0 spiro atoms. The first kappa shape index (κ1) is 18.5. The van der Waals surface area contributed by atoms with E-state index in [4.69, 9.17) is 4.74 Å². The standard InChI is InChI=1S/C11H18F3NO5/c1-9(2,3)20-8(17)15-6(7(16)19-5)10(4,18)11(12,13)14/h6,18H,1-5H3,(H,15,17). The third kappa shape index (κ3) is 4.87. The monoisotopic (exact) mass is 301 g/mol. The van der Waals surface area contributed by atoms with E-state index >= 15 is 0 Å². The average Bonchev–Trinajstić information content (AvgIpc) is 2.20. The van der Waals surface area contributed by atoms with Gasteiger partial charge in [0.2, 0.25) is 0 Å². The molecule has 0 radical (unpaired) electrons. The van der Waals surface area contributed by atoms with E-state index in [1.54, 1.807) is 5.32 Å². The number of carbonyl (C=O) groups is 2. The molecule has 118 valence electrons. The van der Waals surface area contributed by atoms with Crippen LogP contribution in [0.25, 0.3) is 0 Å². The van der Waals surface area contributed by atoms with E-state index in [0.29, 0.717) is 6.92 Å². The molecule has 9 heteroatoms. The number of rotatable bonds is 3. The molecule has 0 saturated carbocycles. The molecule has 6 nitrogen and oxygen atoms in total. The van der Waals surface area contributed by atoms with Crippen LogP contribution in [0, 0.1) is 0 Å². The maximum absolute atomic E-state index is 12.7. The number of esters is 1. The maximum atomic E-state index is 12.7. The summed E-state index contributed by atoms with van der Waals surface area (Å²) in [5.41, 5.74) is -4.48. The third-order valence-corrected chi connectivity index (χ3v) is 2.23. The quantitative estimate of drug-likeness (QED) is 0.769. The number of hydrogen-bond acceptors (Lipinski definition) is 5. The lowest BCUT2D eigenvalue weighted by Crippen LogP contribution is -2.63. The van der Waals surface area contributed by atoms with Crippen LogP contribution in [-0.4, -0.2) is 47.7 Å². The molecular formula is C11H18F3NO5. The molecule has 0 aliphatic carbocycles. The number of nitrogens with one attached hydrogen (secondary N) is 1. The molecule has 0 aromatic heterocycles. The van der Waals surface area contributed by atoms with Crippen LogP contribution in [0.4, 0.5) is 18.0 Å². The third-order valence-electron chi connectivity index (χ3n) is 2.23. The number of methoxy groups -OCH3 is 1. The summed E-state index contributed by atoms with van der Waals surface area (Å²) in [7, 11) is 0.832. The Morgan fingerprint density at radius 3 is 1.90 bits per heavy atom. The molecule has 0 aromatic carbocycles. The van der Waals surface area contributed by atoms with Gasteiger partial charge >= 0.3 is 18.2 Å². The highest BCUT2D eigenvalue weighted by Gasteiger charge is 2.59. The molecule has 20 heavy (non-hydrogen) atoms. The van der Waals surface area contributed by atoms with E-state index in [9.17, 15) is 27.9 Å². The molecule has 0 bridgehead atoms. The van der Waals surface area contributed by atoms with Crippen molar-refractivity contribution in [3.63, 3.8) is 0 Å². The minimum absolute atomic E-state index is 0.353. The number of amides is 1. The van der Waals surface area contributed by atoms with Crippen molar-refractivity contribution in [1.82, 2.24) is 5.32 Å². The second-order valence-corrected chi connectivity index (χ2v) is 5.25. The summed E-state index contributed by atoms with van der Waals surface area (Å²) >= 11 is 0. The van der Waals surface area contributed by atoms with E-state index in [1.165, 1.54) is 20.8 Å². The van der Waals surface area contributed by atoms with Gasteiger partial charge in [-0.15, -0.1) is 0 Å². The highest BCUT2D eigenvalue weighted by Crippen LogP contribution is 2.33. The first-order chi connectivity index (χ1) is 8.72. The van der Waals surface area contributed by atoms with E-state index in [0.717, 1.165) is 7.11 Å². The van der Waals surface area contributed by atoms with Crippen LogP contribution in [-0.2, 0) is 14.3 Å². The summed E-state index contributed by atoms with van der Waals surface area (Å²) in [6.45, 7) is 4.82. The normalized spacial score (nSPS) is 16.9. The molecule has 0 rings (SSSR count). The highest BCUT2D eigenvalue weighted by atomic mass is 19.4. The van der Waals surface area contributed by atoms with Crippen molar-refractivity contribution >= 4 is 12.1 Å². The predicted molar refractivity (Wildman–Crippen MR) is 61.9 cm³/mol. The van der Waals surface area contributed by atoms with E-state index in [2.05, 4.69) is 4.74 Å². The summed E-state index contributed by atoms with van der Waals surface area (Å²) in [6, 6.07) is -2.35. The summed E-state index contributed by atoms with van der Waals surface area (Å²) in [5, 5.41) is 11.1. The van der Waals surface area contributed by atoms with Gasteiger partial charge in [-0.25, -0.2) is 9.59 Å². The zero-order chi connectivity index (χ0) is 16.4. The Hall–Kier alpha value is -1.51. The van der Waals surface area contributed by atoms with Gasteiger partial charge in [0, 0.05) is 0 Å². The minimum atomic E-state index is -5.15. The lowest BCUT2D eigenvalue weighted by Gasteiger charge is -2.33. The summed E-state index contributed by atoms with van der Waals surface area (Å²) in [6.07, 6.45) is -6.43. The molecule has 2 N–H and O–H groups in total. The molecule has 0 heterocycles. The van der Waals surface area contributed by atoms with E-state index in [1.807, 2.05) is 0 Å². The topological polar surface area (TPSA) is 84.9 Å². The molecule has 2 atom stereocenters. The highest BCUT2D eigenvalue weighted by molar-refractivity contribution is 5.82. The molecule has 2 unspecified atom stereocenters. The smallest absolute Gasteiger partial charge is 0.419 e. The fourth-order valence-electron chi connectivity index (χ4n) is 1.14. The lowest BCUT2D eigenvalue weighted by atomic mass is 9.96. The fraction of sp³-hybridized carbons (Fsp3) is 0.818. The van der Waals surface area contributed by atoms with Crippen molar-refractivity contribution < 1.29 is 37.3 Å². The van der Waals surface area contributed by atoms with Gasteiger partial charge in [0.05, 0.1) is 7.11 Å². The first-order valence-electron chi connectivity index (χ1n) is 5.59. The molecular weight excluding hydrogens is 283 g/mol. The van der Waals surface area contributed by atoms with Gasteiger partial charge < -0.3 is 19.9 Å². The van der Waals surface area contributed by atoms with Crippen LogP contribution in [0.1, 0.15) is 27.7 Å². The molecule has 0 saturated heterocycles. The van der Waals surface area contributed by atoms with Gasteiger partial charge in [-0.1, -0.05) is 0 Å². The van der Waals surface area contributed by atoms with Gasteiger partial charge in [-0.2, -0.15) is 13.2 Å². The number of aliphatic hydroxyl groups is 1. The Bertz CT molecular complexity index is 373. The minimum Gasteiger partial charge on any atom is -0.467 e. The molecule has 0 aromatic rings. The number of halogens is 3. The summed E-state index contributed by atoms with van der Waals surface area (Å²) in [5.74, 6) is -1.45. The van der Waals surface area contributed by atoms with Crippen LogP contribution in [0.3, 0.4) is 0 Å². The van der Waals surface area contributed by atoms with E-state index < -0.39 is 35.5 Å². The van der Waals surface area contributed by atoms with Crippen molar-refractivity contribution in [3.05, 3.63) is 0 Å². The van der Waals surface area contributed by atoms with Crippen molar-refractivity contribution in [2.24, 2.45) is 0 Å². The van der Waals surface area contributed by atoms with Gasteiger partial charge in [-0.3, -0.25) is 0 Å². The number of carbonyl (C=O) groups excluding carboxylic acids is 2. The van der Waals surface area contributed by atoms with Crippen molar-refractivity contribution in [2.45, 2.75) is 51.1 Å². The second kappa shape index (κ2) is 5.86. The SMILES string of the molecule is COC(=O)C(NC(=O)OC(C)(C)C)C(C)(O)C(F)(F)F. The van der Waals surface area contributed by atoms with E-state index in [-0.39, 0.29) is 0 Å². The summed E-state index contributed by atoms with van der Waals surface area (Å²) < 4.78 is 47.0. The molecule has 0 aliphatic rings. The Kier molecular flexibility index (Phi) is 5.42. The zero-order valence-corrected chi connectivity index (χ0v) is 11.8. The fourth-order valence-corrected chi connectivity index (χ4v) is 1.14. The number of alkyl halides is 3. The molecule has 0 fully saturated rings. The van der Waals surface area contributed by atoms with Crippen LogP contribution < -0.4 is 5.32 Å². The predicted octanol–water partition coefficient (Wildman–Crippen LogP) is 1.37. The maximum Gasteiger partial charge on any atom is 0.419 e. The molecule has 0 aliphatic heterocycles. The van der Waals surface area contributed by atoms with Crippen LogP contribution >= 0.6 is 0 Å². The summed E-state index contributed by atoms with van der Waals surface area (Å²) in [4.78, 5) is 22.8. The van der Waals surface area contributed by atoms with Gasteiger partial charge in [0.25, 0.3) is 0 Å². The molecule has 1 amide bonds. The zero-order valence-electron chi connectivity index (χ0n) is 11.8. The Morgan fingerprint density at radius 2 is 1.60 bits per heavy atom.